The fourth-order valence-electron chi connectivity index (χ4n) is 2.63. The number of carbonyl (C=O) groups excluding carboxylic acids is 2. The number of halogens is 1. The molecule has 3 aromatic rings. The van der Waals surface area contributed by atoms with Crippen LogP contribution in [0.2, 0.25) is 0 Å². The van der Waals surface area contributed by atoms with E-state index in [-0.39, 0.29) is 16.0 Å². The molecule has 0 aromatic heterocycles. The van der Waals surface area contributed by atoms with Gasteiger partial charge in [0.05, 0.1) is 17.6 Å². The summed E-state index contributed by atoms with van der Waals surface area (Å²) < 4.78 is 33.0. The highest BCUT2D eigenvalue weighted by atomic mass is 79.9. The Balaban J connectivity index is 1.83. The van der Waals surface area contributed by atoms with Gasteiger partial charge < -0.3 is 10.1 Å². The predicted molar refractivity (Wildman–Crippen MR) is 117 cm³/mol. The van der Waals surface area contributed by atoms with Gasteiger partial charge in [0, 0.05) is 21.4 Å². The molecule has 0 fully saturated rings. The van der Waals surface area contributed by atoms with Gasteiger partial charge in [-0.1, -0.05) is 40.2 Å². The fraction of sp³-hybridized carbons (Fsp3) is 0.0476. The number of ether oxygens (including phenoxy) is 1. The van der Waals surface area contributed by atoms with Crippen LogP contribution >= 0.6 is 15.9 Å². The monoisotopic (exact) mass is 488 g/mol. The number of sulfonamides is 1. The highest BCUT2D eigenvalue weighted by Crippen LogP contribution is 2.22. The number of amides is 1. The van der Waals surface area contributed by atoms with Crippen LogP contribution in [0.3, 0.4) is 0 Å². The number of methoxy groups -OCH3 is 1. The molecule has 1 amide bonds. The molecule has 0 aliphatic heterocycles. The Morgan fingerprint density at radius 3 is 2.30 bits per heavy atom. The van der Waals surface area contributed by atoms with Gasteiger partial charge in [-0.15, -0.1) is 0 Å². The molecule has 0 unspecified atom stereocenters. The van der Waals surface area contributed by atoms with E-state index >= 15 is 0 Å². The summed E-state index contributed by atoms with van der Waals surface area (Å²) in [5.41, 5.74) is 1.17. The molecular formula is C21H17BrN2O5S. The maximum Gasteiger partial charge on any atom is 0.337 e. The number of nitrogens with one attached hydrogen (secondary N) is 2. The van der Waals surface area contributed by atoms with E-state index in [0.29, 0.717) is 15.8 Å². The normalized spacial score (nSPS) is 10.9. The zero-order chi connectivity index (χ0) is 21.7. The lowest BCUT2D eigenvalue weighted by atomic mass is 10.1. The standard InChI is InChI=1S/C21H17BrN2O5S/c1-29-21(26)15-10-16(22)13-18(11-15)23-20(25)14-6-5-9-19(12-14)30(27,28)24-17-7-3-2-4-8-17/h2-13,24H,1H3,(H,23,25). The van der Waals surface area contributed by atoms with Crippen LogP contribution in [0.25, 0.3) is 0 Å². The fourth-order valence-corrected chi connectivity index (χ4v) is 4.22. The molecule has 0 atom stereocenters. The molecule has 3 rings (SSSR count). The van der Waals surface area contributed by atoms with Gasteiger partial charge in [-0.25, -0.2) is 13.2 Å². The first-order valence-corrected chi connectivity index (χ1v) is 10.9. The summed E-state index contributed by atoms with van der Waals surface area (Å²) in [6.45, 7) is 0. The summed E-state index contributed by atoms with van der Waals surface area (Å²) in [5.74, 6) is -1.08. The molecule has 0 heterocycles. The van der Waals surface area contributed by atoms with Gasteiger partial charge in [-0.05, 0) is 48.5 Å². The third kappa shape index (κ3) is 5.25. The van der Waals surface area contributed by atoms with Crippen LogP contribution < -0.4 is 10.0 Å². The maximum atomic E-state index is 12.7. The minimum absolute atomic E-state index is 0.0523. The Labute approximate surface area is 182 Å². The largest absolute Gasteiger partial charge is 0.465 e. The quantitative estimate of drug-likeness (QED) is 0.503. The third-order valence-corrected chi connectivity index (χ3v) is 5.85. The van der Waals surface area contributed by atoms with Crippen LogP contribution in [0.5, 0.6) is 0 Å². The molecule has 0 aliphatic rings. The van der Waals surface area contributed by atoms with E-state index in [9.17, 15) is 18.0 Å². The van der Waals surface area contributed by atoms with Crippen LogP contribution in [0.4, 0.5) is 11.4 Å². The van der Waals surface area contributed by atoms with E-state index in [0.717, 1.165) is 0 Å². The van der Waals surface area contributed by atoms with Crippen LogP contribution in [0.15, 0.2) is 82.2 Å². The summed E-state index contributed by atoms with van der Waals surface area (Å²) >= 11 is 3.28. The van der Waals surface area contributed by atoms with Crippen LogP contribution in [0.1, 0.15) is 20.7 Å². The van der Waals surface area contributed by atoms with Crippen molar-refractivity contribution in [3.63, 3.8) is 0 Å². The van der Waals surface area contributed by atoms with Crippen LogP contribution in [-0.2, 0) is 14.8 Å². The van der Waals surface area contributed by atoms with Gasteiger partial charge in [0.1, 0.15) is 0 Å². The summed E-state index contributed by atoms with van der Waals surface area (Å²) in [4.78, 5) is 24.4. The van der Waals surface area contributed by atoms with E-state index in [4.69, 9.17) is 4.74 Å². The number of rotatable bonds is 6. The molecule has 2 N–H and O–H groups in total. The van der Waals surface area contributed by atoms with Crippen molar-refractivity contribution in [3.8, 4) is 0 Å². The van der Waals surface area contributed by atoms with Crippen LogP contribution in [-0.4, -0.2) is 27.4 Å². The first-order chi connectivity index (χ1) is 14.3. The smallest absolute Gasteiger partial charge is 0.337 e. The van der Waals surface area contributed by atoms with Crippen molar-refractivity contribution >= 4 is 49.2 Å². The van der Waals surface area contributed by atoms with E-state index in [1.807, 2.05) is 0 Å². The summed E-state index contributed by atoms with van der Waals surface area (Å²) in [7, 11) is -2.61. The van der Waals surface area contributed by atoms with Crippen molar-refractivity contribution in [1.82, 2.24) is 0 Å². The Morgan fingerprint density at radius 2 is 1.60 bits per heavy atom. The molecule has 0 spiro atoms. The van der Waals surface area contributed by atoms with Gasteiger partial charge in [0.15, 0.2) is 0 Å². The molecule has 0 bridgehead atoms. The highest BCUT2D eigenvalue weighted by molar-refractivity contribution is 9.10. The number of carbonyl (C=O) groups is 2. The van der Waals surface area contributed by atoms with Crippen LogP contribution in [0, 0.1) is 0 Å². The summed E-state index contributed by atoms with van der Waals surface area (Å²) in [6, 6.07) is 18.7. The lowest BCUT2D eigenvalue weighted by Crippen LogP contribution is -2.16. The molecule has 154 valence electrons. The summed E-state index contributed by atoms with van der Waals surface area (Å²) in [6.07, 6.45) is 0. The number of para-hydroxylation sites is 1. The van der Waals surface area contributed by atoms with Crippen molar-refractivity contribution in [2.75, 3.05) is 17.1 Å². The lowest BCUT2D eigenvalue weighted by molar-refractivity contribution is 0.0600. The van der Waals surface area contributed by atoms with Gasteiger partial charge in [-0.2, -0.15) is 0 Å². The Kier molecular flexibility index (Phi) is 6.53. The topological polar surface area (TPSA) is 102 Å². The maximum absolute atomic E-state index is 12.7. The zero-order valence-electron chi connectivity index (χ0n) is 15.8. The van der Waals surface area contributed by atoms with E-state index < -0.39 is 21.9 Å². The Bertz CT molecular complexity index is 1200. The molecule has 7 nitrogen and oxygen atoms in total. The number of hydrogen-bond donors (Lipinski definition) is 2. The van der Waals surface area contributed by atoms with Gasteiger partial charge in [0.25, 0.3) is 15.9 Å². The first-order valence-electron chi connectivity index (χ1n) is 8.67. The minimum atomic E-state index is -3.87. The molecule has 9 heteroatoms. The Morgan fingerprint density at radius 1 is 0.867 bits per heavy atom. The van der Waals surface area contributed by atoms with Crippen molar-refractivity contribution in [2.24, 2.45) is 0 Å². The number of hydrogen-bond acceptors (Lipinski definition) is 5. The lowest BCUT2D eigenvalue weighted by Gasteiger charge is -2.11. The van der Waals surface area contributed by atoms with Crippen molar-refractivity contribution in [1.29, 1.82) is 0 Å². The molecule has 30 heavy (non-hydrogen) atoms. The molecule has 0 aliphatic carbocycles. The van der Waals surface area contributed by atoms with Gasteiger partial charge >= 0.3 is 5.97 Å². The van der Waals surface area contributed by atoms with Crippen molar-refractivity contribution in [2.45, 2.75) is 4.90 Å². The predicted octanol–water partition coefficient (Wildman–Crippen LogP) is 4.29. The second-order valence-electron chi connectivity index (χ2n) is 6.17. The first kappa shape index (κ1) is 21.5. The Hall–Kier alpha value is -3.17. The molecule has 0 saturated carbocycles. The summed E-state index contributed by atoms with van der Waals surface area (Å²) in [5, 5.41) is 2.65. The average molecular weight is 489 g/mol. The molecule has 0 saturated heterocycles. The number of anilines is 2. The SMILES string of the molecule is COC(=O)c1cc(Br)cc(NC(=O)c2cccc(S(=O)(=O)Nc3ccccc3)c2)c1. The van der Waals surface area contributed by atoms with Gasteiger partial charge in [-0.3, -0.25) is 9.52 Å². The molecular weight excluding hydrogens is 472 g/mol. The van der Waals surface area contributed by atoms with E-state index in [2.05, 4.69) is 26.0 Å². The minimum Gasteiger partial charge on any atom is -0.465 e. The van der Waals surface area contributed by atoms with E-state index in [1.165, 1.54) is 37.4 Å². The van der Waals surface area contributed by atoms with Crippen molar-refractivity contribution in [3.05, 3.63) is 88.4 Å². The highest BCUT2D eigenvalue weighted by Gasteiger charge is 2.17. The number of esters is 1. The molecule has 0 radical (unpaired) electrons. The second kappa shape index (κ2) is 9.10. The molecule has 3 aromatic carbocycles. The second-order valence-corrected chi connectivity index (χ2v) is 8.77. The number of benzene rings is 3. The van der Waals surface area contributed by atoms with Crippen molar-refractivity contribution < 1.29 is 22.7 Å². The zero-order valence-corrected chi connectivity index (χ0v) is 18.2. The van der Waals surface area contributed by atoms with E-state index in [1.54, 1.807) is 42.5 Å². The third-order valence-electron chi connectivity index (χ3n) is 4.01. The average Bonchev–Trinajstić information content (AvgIpc) is 2.73. The van der Waals surface area contributed by atoms with Gasteiger partial charge in [0.2, 0.25) is 0 Å².